The van der Waals surface area contributed by atoms with E-state index in [4.69, 9.17) is 5.73 Å². The van der Waals surface area contributed by atoms with Crippen molar-refractivity contribution in [1.82, 2.24) is 9.88 Å². The Bertz CT molecular complexity index is 732. The molecule has 1 aromatic heterocycles. The number of carbonyl (C=O) groups excluding carboxylic acids is 1. The number of benzene rings is 1. The van der Waals surface area contributed by atoms with Gasteiger partial charge >= 0.3 is 0 Å². The second-order valence-electron chi connectivity index (χ2n) is 6.88. The number of H-pyrrole nitrogens is 1. The summed E-state index contributed by atoms with van der Waals surface area (Å²) in [6, 6.07) is 4.58. The van der Waals surface area contributed by atoms with Crippen LogP contribution in [0.25, 0.3) is 10.9 Å². The molecule has 0 saturated carbocycles. The van der Waals surface area contributed by atoms with Crippen LogP contribution >= 0.6 is 0 Å². The number of amides is 1. The number of piperidine rings is 1. The molecule has 23 heavy (non-hydrogen) atoms. The predicted octanol–water partition coefficient (Wildman–Crippen LogP) is 2.98. The molecule has 1 atom stereocenters. The zero-order valence-corrected chi connectivity index (χ0v) is 14.4. The third kappa shape index (κ3) is 3.00. The van der Waals surface area contributed by atoms with Gasteiger partial charge in [-0.05, 0) is 57.2 Å². The van der Waals surface area contributed by atoms with Gasteiger partial charge in [0.15, 0.2) is 0 Å². The van der Waals surface area contributed by atoms with Gasteiger partial charge in [-0.1, -0.05) is 11.6 Å². The van der Waals surface area contributed by atoms with Crippen molar-refractivity contribution in [2.75, 3.05) is 13.1 Å². The molecule has 0 bridgehead atoms. The van der Waals surface area contributed by atoms with E-state index in [1.165, 1.54) is 22.9 Å². The van der Waals surface area contributed by atoms with Crippen LogP contribution in [0, 0.1) is 20.8 Å². The molecule has 0 spiro atoms. The first-order chi connectivity index (χ1) is 11.0. The van der Waals surface area contributed by atoms with Crippen molar-refractivity contribution < 1.29 is 4.79 Å². The Balaban J connectivity index is 1.92. The average Bonchev–Trinajstić information content (AvgIpc) is 2.84. The molecule has 1 aliphatic heterocycles. The van der Waals surface area contributed by atoms with E-state index in [1.807, 2.05) is 4.90 Å². The van der Waals surface area contributed by atoms with Crippen LogP contribution < -0.4 is 5.73 Å². The van der Waals surface area contributed by atoms with Crippen LogP contribution in [0.1, 0.15) is 41.6 Å². The number of nitrogens with zero attached hydrogens (tertiary/aromatic N) is 1. The third-order valence-corrected chi connectivity index (χ3v) is 5.12. The predicted molar refractivity (Wildman–Crippen MR) is 94.6 cm³/mol. The van der Waals surface area contributed by atoms with E-state index in [-0.39, 0.29) is 11.9 Å². The summed E-state index contributed by atoms with van der Waals surface area (Å²) < 4.78 is 0. The van der Waals surface area contributed by atoms with Gasteiger partial charge in [-0.3, -0.25) is 4.79 Å². The van der Waals surface area contributed by atoms with Crippen LogP contribution in [0.2, 0.25) is 0 Å². The first-order valence-electron chi connectivity index (χ1n) is 8.59. The van der Waals surface area contributed by atoms with E-state index in [1.54, 1.807) is 0 Å². The average molecular weight is 313 g/mol. The van der Waals surface area contributed by atoms with E-state index in [2.05, 4.69) is 37.9 Å². The third-order valence-electron chi connectivity index (χ3n) is 5.12. The fraction of sp³-hybridized carbons (Fsp3) is 0.526. The Labute approximate surface area is 138 Å². The fourth-order valence-corrected chi connectivity index (χ4v) is 3.89. The molecule has 4 heteroatoms. The Morgan fingerprint density at radius 1 is 1.30 bits per heavy atom. The molecule has 1 amide bonds. The van der Waals surface area contributed by atoms with Gasteiger partial charge < -0.3 is 15.6 Å². The van der Waals surface area contributed by atoms with Gasteiger partial charge in [0.25, 0.3) is 0 Å². The fourth-order valence-electron chi connectivity index (χ4n) is 3.89. The van der Waals surface area contributed by atoms with Crippen LogP contribution in [0.5, 0.6) is 0 Å². The minimum Gasteiger partial charge on any atom is -0.358 e. The second-order valence-corrected chi connectivity index (χ2v) is 6.88. The van der Waals surface area contributed by atoms with E-state index in [0.717, 1.165) is 36.2 Å². The van der Waals surface area contributed by atoms with Gasteiger partial charge in [0.1, 0.15) is 0 Å². The van der Waals surface area contributed by atoms with E-state index in [9.17, 15) is 4.79 Å². The van der Waals surface area contributed by atoms with Crippen LogP contribution in [-0.4, -0.2) is 34.9 Å². The monoisotopic (exact) mass is 313 g/mol. The highest BCUT2D eigenvalue weighted by molar-refractivity contribution is 5.92. The van der Waals surface area contributed by atoms with Crippen molar-refractivity contribution >= 4 is 16.8 Å². The van der Waals surface area contributed by atoms with Gasteiger partial charge in [-0.25, -0.2) is 0 Å². The molecule has 0 aliphatic carbocycles. The lowest BCUT2D eigenvalue weighted by Crippen LogP contribution is -2.48. The summed E-state index contributed by atoms with van der Waals surface area (Å²) in [5.41, 5.74) is 11.7. The normalized spacial score (nSPS) is 18.6. The van der Waals surface area contributed by atoms with Gasteiger partial charge in [0.2, 0.25) is 5.91 Å². The largest absolute Gasteiger partial charge is 0.358 e. The highest BCUT2D eigenvalue weighted by Crippen LogP contribution is 2.28. The maximum absolute atomic E-state index is 12.9. The number of nitrogens with one attached hydrogen (secondary N) is 1. The summed E-state index contributed by atoms with van der Waals surface area (Å²) in [7, 11) is 0. The molecular weight excluding hydrogens is 286 g/mol. The number of likely N-dealkylation sites (tertiary alicyclic amines) is 1. The van der Waals surface area contributed by atoms with E-state index in [0.29, 0.717) is 13.0 Å². The van der Waals surface area contributed by atoms with Gasteiger partial charge in [-0.15, -0.1) is 0 Å². The highest BCUT2D eigenvalue weighted by atomic mass is 16.2. The topological polar surface area (TPSA) is 62.1 Å². The lowest BCUT2D eigenvalue weighted by atomic mass is 9.99. The van der Waals surface area contributed by atoms with Crippen molar-refractivity contribution in [2.24, 2.45) is 5.73 Å². The van der Waals surface area contributed by atoms with Crippen LogP contribution in [0.3, 0.4) is 0 Å². The summed E-state index contributed by atoms with van der Waals surface area (Å²) in [5, 5.41) is 1.19. The maximum Gasteiger partial charge on any atom is 0.227 e. The summed E-state index contributed by atoms with van der Waals surface area (Å²) in [6.45, 7) is 7.70. The van der Waals surface area contributed by atoms with Crippen molar-refractivity contribution in [3.8, 4) is 0 Å². The molecule has 1 fully saturated rings. The number of aryl methyl sites for hydroxylation is 3. The molecule has 0 radical (unpaired) electrons. The quantitative estimate of drug-likeness (QED) is 0.915. The SMILES string of the molecule is Cc1cc(C)c2[nH]c(C)c(CC(=O)N3CCCC[C@@H]3CN)c2c1. The minimum atomic E-state index is 0.211. The van der Waals surface area contributed by atoms with E-state index < -0.39 is 0 Å². The molecule has 2 heterocycles. The summed E-state index contributed by atoms with van der Waals surface area (Å²) >= 11 is 0. The van der Waals surface area contributed by atoms with Gasteiger partial charge in [0, 0.05) is 35.7 Å². The number of fused-ring (bicyclic) bond motifs is 1. The Morgan fingerprint density at radius 3 is 2.83 bits per heavy atom. The van der Waals surface area contributed by atoms with Crippen molar-refractivity contribution in [3.63, 3.8) is 0 Å². The number of aromatic amines is 1. The number of aromatic nitrogens is 1. The van der Waals surface area contributed by atoms with Crippen molar-refractivity contribution in [1.29, 1.82) is 0 Å². The molecule has 1 saturated heterocycles. The smallest absolute Gasteiger partial charge is 0.227 e. The van der Waals surface area contributed by atoms with Crippen LogP contribution in [0.15, 0.2) is 12.1 Å². The molecule has 3 rings (SSSR count). The molecule has 124 valence electrons. The number of hydrogen-bond acceptors (Lipinski definition) is 2. The minimum absolute atomic E-state index is 0.211. The molecule has 4 nitrogen and oxygen atoms in total. The zero-order chi connectivity index (χ0) is 16.6. The molecule has 1 aromatic carbocycles. The first-order valence-corrected chi connectivity index (χ1v) is 8.59. The lowest BCUT2D eigenvalue weighted by Gasteiger charge is -2.35. The molecule has 2 aromatic rings. The number of rotatable bonds is 3. The Hall–Kier alpha value is -1.81. The zero-order valence-electron chi connectivity index (χ0n) is 14.4. The number of hydrogen-bond donors (Lipinski definition) is 2. The number of carbonyl (C=O) groups is 1. The van der Waals surface area contributed by atoms with E-state index >= 15 is 0 Å². The summed E-state index contributed by atoms with van der Waals surface area (Å²) in [4.78, 5) is 18.3. The number of nitrogens with two attached hydrogens (primary N) is 1. The summed E-state index contributed by atoms with van der Waals surface area (Å²) in [5.74, 6) is 0.211. The Morgan fingerprint density at radius 2 is 2.09 bits per heavy atom. The molecule has 1 aliphatic rings. The molecular formula is C19H27N3O. The lowest BCUT2D eigenvalue weighted by molar-refractivity contribution is -0.133. The standard InChI is InChI=1S/C19H27N3O/c1-12-8-13(2)19-17(9-12)16(14(3)21-19)10-18(23)22-7-5-4-6-15(22)11-20/h8-9,15,21H,4-7,10-11,20H2,1-3H3/t15-/m1/s1. The van der Waals surface area contributed by atoms with Crippen LogP contribution in [0.4, 0.5) is 0 Å². The van der Waals surface area contributed by atoms with Gasteiger partial charge in [0.05, 0.1) is 6.42 Å². The van der Waals surface area contributed by atoms with Crippen molar-refractivity contribution in [2.45, 2.75) is 52.5 Å². The van der Waals surface area contributed by atoms with Gasteiger partial charge in [-0.2, -0.15) is 0 Å². The Kier molecular flexibility index (Phi) is 4.44. The molecule has 0 unspecified atom stereocenters. The second kappa shape index (κ2) is 6.36. The highest BCUT2D eigenvalue weighted by Gasteiger charge is 2.26. The summed E-state index contributed by atoms with van der Waals surface area (Å²) in [6.07, 6.45) is 3.77. The molecule has 3 N–H and O–H groups in total. The maximum atomic E-state index is 12.9. The van der Waals surface area contributed by atoms with Crippen LogP contribution in [-0.2, 0) is 11.2 Å². The first kappa shape index (κ1) is 16.1. The van der Waals surface area contributed by atoms with Crippen molar-refractivity contribution in [3.05, 3.63) is 34.5 Å².